The highest BCUT2D eigenvalue weighted by Gasteiger charge is 2.36. The van der Waals surface area contributed by atoms with Crippen molar-refractivity contribution >= 4 is 5.97 Å². The lowest BCUT2D eigenvalue weighted by atomic mass is 10.1. The standard InChI is InChI=1S/C12H21N2O3/c1-2-11(16)17-10-3-6-13-12(10)14-7-4-9(15)5-8-14/h9-10,12,15H,2-8H2,1H3. The number of nitrogens with zero attached hydrogens (tertiary/aromatic N) is 2. The number of aliphatic hydroxyl groups excluding tert-OH is 1. The number of carbonyl (C=O) groups is 1. The average molecular weight is 241 g/mol. The van der Waals surface area contributed by atoms with Gasteiger partial charge < -0.3 is 9.84 Å². The van der Waals surface area contributed by atoms with E-state index in [9.17, 15) is 9.90 Å². The normalized spacial score (nSPS) is 31.6. The summed E-state index contributed by atoms with van der Waals surface area (Å²) in [6.07, 6.45) is 2.58. The fourth-order valence-electron chi connectivity index (χ4n) is 2.47. The van der Waals surface area contributed by atoms with Crippen LogP contribution in [0.3, 0.4) is 0 Å². The Balaban J connectivity index is 1.88. The zero-order chi connectivity index (χ0) is 12.3. The van der Waals surface area contributed by atoms with Crippen LogP contribution in [0.25, 0.3) is 0 Å². The van der Waals surface area contributed by atoms with Crippen LogP contribution in [0.15, 0.2) is 0 Å². The second-order valence-electron chi connectivity index (χ2n) is 4.76. The predicted octanol–water partition coefficient (Wildman–Crippen LogP) is 0.0991. The molecule has 0 saturated carbocycles. The third-order valence-electron chi connectivity index (χ3n) is 3.51. The van der Waals surface area contributed by atoms with E-state index in [1.54, 1.807) is 6.92 Å². The van der Waals surface area contributed by atoms with Crippen molar-refractivity contribution in [3.63, 3.8) is 0 Å². The second-order valence-corrected chi connectivity index (χ2v) is 4.76. The van der Waals surface area contributed by atoms with E-state index in [0.29, 0.717) is 6.42 Å². The van der Waals surface area contributed by atoms with Crippen molar-refractivity contribution in [3.8, 4) is 0 Å². The van der Waals surface area contributed by atoms with Crippen molar-refractivity contribution < 1.29 is 14.6 Å². The molecule has 0 spiro atoms. The summed E-state index contributed by atoms with van der Waals surface area (Å²) in [6, 6.07) is 0. The highest BCUT2D eigenvalue weighted by molar-refractivity contribution is 5.69. The van der Waals surface area contributed by atoms with Gasteiger partial charge in [0.2, 0.25) is 0 Å². The van der Waals surface area contributed by atoms with Gasteiger partial charge in [0.05, 0.1) is 6.10 Å². The van der Waals surface area contributed by atoms with Crippen LogP contribution in [-0.4, -0.2) is 54.0 Å². The molecule has 2 rings (SSSR count). The molecular weight excluding hydrogens is 220 g/mol. The summed E-state index contributed by atoms with van der Waals surface area (Å²) in [5.74, 6) is -0.144. The Hall–Kier alpha value is -0.650. The van der Waals surface area contributed by atoms with Crippen LogP contribution in [-0.2, 0) is 9.53 Å². The average Bonchev–Trinajstić information content (AvgIpc) is 2.78. The number of carbonyl (C=O) groups excluding carboxylic acids is 1. The minimum atomic E-state index is -0.177. The molecule has 2 fully saturated rings. The van der Waals surface area contributed by atoms with Gasteiger partial charge in [-0.1, -0.05) is 6.92 Å². The largest absolute Gasteiger partial charge is 0.459 e. The first-order chi connectivity index (χ1) is 8.20. The number of rotatable bonds is 3. The van der Waals surface area contributed by atoms with E-state index >= 15 is 0 Å². The third-order valence-corrected chi connectivity index (χ3v) is 3.51. The number of piperidine rings is 1. The first kappa shape index (κ1) is 12.8. The lowest BCUT2D eigenvalue weighted by molar-refractivity contribution is -0.152. The number of hydrogen-bond donors (Lipinski definition) is 1. The van der Waals surface area contributed by atoms with E-state index < -0.39 is 0 Å². The summed E-state index contributed by atoms with van der Waals surface area (Å²) in [5.41, 5.74) is 0. The summed E-state index contributed by atoms with van der Waals surface area (Å²) in [7, 11) is 0. The highest BCUT2D eigenvalue weighted by Crippen LogP contribution is 2.21. The molecule has 2 unspecified atom stereocenters. The quantitative estimate of drug-likeness (QED) is 0.712. The van der Waals surface area contributed by atoms with Crippen LogP contribution in [0.2, 0.25) is 0 Å². The maximum absolute atomic E-state index is 11.3. The predicted molar refractivity (Wildman–Crippen MR) is 62.4 cm³/mol. The lowest BCUT2D eigenvalue weighted by Crippen LogP contribution is -2.50. The SMILES string of the molecule is CCC(=O)OC1CC[N]C1N1CCC(O)CC1. The first-order valence-corrected chi connectivity index (χ1v) is 6.49. The van der Waals surface area contributed by atoms with E-state index in [1.165, 1.54) is 0 Å². The van der Waals surface area contributed by atoms with E-state index in [1.807, 2.05) is 0 Å². The number of ether oxygens (including phenoxy) is 1. The van der Waals surface area contributed by atoms with Crippen molar-refractivity contribution in [3.05, 3.63) is 0 Å². The Morgan fingerprint density at radius 2 is 2.12 bits per heavy atom. The minimum absolute atomic E-state index is 0.0120. The molecule has 5 heteroatoms. The van der Waals surface area contributed by atoms with Gasteiger partial charge in [0.1, 0.15) is 12.3 Å². The molecule has 0 amide bonds. The van der Waals surface area contributed by atoms with E-state index in [0.717, 1.165) is 38.9 Å². The fourth-order valence-corrected chi connectivity index (χ4v) is 2.47. The molecule has 1 N–H and O–H groups in total. The third kappa shape index (κ3) is 3.18. The summed E-state index contributed by atoms with van der Waals surface area (Å²) in [6.45, 7) is 4.26. The fraction of sp³-hybridized carbons (Fsp3) is 0.917. The molecule has 2 atom stereocenters. The van der Waals surface area contributed by atoms with Crippen LogP contribution in [0.5, 0.6) is 0 Å². The molecule has 2 saturated heterocycles. The Bertz CT molecular complexity index is 264. The van der Waals surface area contributed by atoms with Gasteiger partial charge in [0.15, 0.2) is 0 Å². The van der Waals surface area contributed by atoms with Crippen LogP contribution in [0.1, 0.15) is 32.6 Å². The van der Waals surface area contributed by atoms with Crippen molar-refractivity contribution in [1.29, 1.82) is 0 Å². The first-order valence-electron chi connectivity index (χ1n) is 6.49. The van der Waals surface area contributed by atoms with Crippen molar-refractivity contribution in [1.82, 2.24) is 10.2 Å². The molecule has 0 aromatic carbocycles. The highest BCUT2D eigenvalue weighted by atomic mass is 16.5. The molecule has 2 aliphatic heterocycles. The molecule has 0 bridgehead atoms. The Labute approximate surface area is 102 Å². The van der Waals surface area contributed by atoms with Gasteiger partial charge in [-0.05, 0) is 12.8 Å². The monoisotopic (exact) mass is 241 g/mol. The van der Waals surface area contributed by atoms with Gasteiger partial charge in [-0.15, -0.1) is 0 Å². The molecule has 97 valence electrons. The lowest BCUT2D eigenvalue weighted by Gasteiger charge is -2.35. The summed E-state index contributed by atoms with van der Waals surface area (Å²) >= 11 is 0. The number of hydrogen-bond acceptors (Lipinski definition) is 4. The van der Waals surface area contributed by atoms with Gasteiger partial charge in [-0.25, -0.2) is 5.32 Å². The van der Waals surface area contributed by atoms with E-state index in [4.69, 9.17) is 4.74 Å². The van der Waals surface area contributed by atoms with Gasteiger partial charge >= 0.3 is 5.97 Å². The molecule has 2 heterocycles. The van der Waals surface area contributed by atoms with Crippen LogP contribution >= 0.6 is 0 Å². The maximum atomic E-state index is 11.3. The summed E-state index contributed by atoms with van der Waals surface area (Å²) in [4.78, 5) is 13.6. The van der Waals surface area contributed by atoms with E-state index in [-0.39, 0.29) is 24.3 Å². The number of aliphatic hydroxyl groups is 1. The molecule has 0 aromatic heterocycles. The number of esters is 1. The number of likely N-dealkylation sites (tertiary alicyclic amines) is 1. The van der Waals surface area contributed by atoms with Gasteiger partial charge in [0, 0.05) is 32.5 Å². The van der Waals surface area contributed by atoms with Crippen molar-refractivity contribution in [2.24, 2.45) is 0 Å². The molecule has 2 aliphatic rings. The Morgan fingerprint density at radius 1 is 1.41 bits per heavy atom. The second kappa shape index (κ2) is 5.80. The Kier molecular flexibility index (Phi) is 4.36. The molecule has 17 heavy (non-hydrogen) atoms. The van der Waals surface area contributed by atoms with Crippen molar-refractivity contribution in [2.75, 3.05) is 19.6 Å². The topological polar surface area (TPSA) is 63.9 Å². The van der Waals surface area contributed by atoms with E-state index in [2.05, 4.69) is 10.2 Å². The van der Waals surface area contributed by atoms with Gasteiger partial charge in [0.25, 0.3) is 0 Å². The van der Waals surface area contributed by atoms with Gasteiger partial charge in [-0.2, -0.15) is 0 Å². The summed E-state index contributed by atoms with van der Waals surface area (Å²) < 4.78 is 5.42. The van der Waals surface area contributed by atoms with Crippen LogP contribution in [0.4, 0.5) is 0 Å². The molecule has 1 radical (unpaired) electrons. The molecule has 0 aliphatic carbocycles. The summed E-state index contributed by atoms with van der Waals surface area (Å²) in [5, 5.41) is 14.0. The molecular formula is C12H21N2O3. The molecule has 0 aromatic rings. The minimum Gasteiger partial charge on any atom is -0.459 e. The molecule has 5 nitrogen and oxygen atoms in total. The van der Waals surface area contributed by atoms with Gasteiger partial charge in [-0.3, -0.25) is 9.69 Å². The zero-order valence-corrected chi connectivity index (χ0v) is 10.3. The smallest absolute Gasteiger partial charge is 0.305 e. The maximum Gasteiger partial charge on any atom is 0.305 e. The Morgan fingerprint density at radius 3 is 2.76 bits per heavy atom. The zero-order valence-electron chi connectivity index (χ0n) is 10.3. The van der Waals surface area contributed by atoms with Crippen molar-refractivity contribution in [2.45, 2.75) is 51.0 Å². The van der Waals surface area contributed by atoms with Crippen LogP contribution in [0, 0.1) is 0 Å². The van der Waals surface area contributed by atoms with Crippen LogP contribution < -0.4 is 5.32 Å².